The van der Waals surface area contributed by atoms with Gasteiger partial charge in [0.05, 0.1) is 19.3 Å². The largest absolute Gasteiger partial charge is 0.453 e. The average molecular weight is 599 g/mol. The molecule has 236 valence electrons. The van der Waals surface area contributed by atoms with Crippen LogP contribution in [-0.2, 0) is 26.3 Å². The minimum absolute atomic E-state index is 0.0190. The number of piperidine rings is 1. The quantitative estimate of drug-likeness (QED) is 0.280. The first-order chi connectivity index (χ1) is 20.6. The van der Waals surface area contributed by atoms with Gasteiger partial charge in [-0.15, -0.1) is 0 Å². The van der Waals surface area contributed by atoms with E-state index in [2.05, 4.69) is 10.1 Å². The Morgan fingerprint density at radius 2 is 1.81 bits per heavy atom. The number of hydrogen-bond donors (Lipinski definition) is 3. The van der Waals surface area contributed by atoms with Gasteiger partial charge in [-0.25, -0.2) is 9.18 Å². The third-order valence-electron chi connectivity index (χ3n) is 8.44. The lowest BCUT2D eigenvalue weighted by molar-refractivity contribution is -0.139. The number of carbonyl (C=O) groups is 3. The van der Waals surface area contributed by atoms with E-state index in [9.17, 15) is 19.5 Å². The number of nitrogens with one attached hydrogen (secondary N) is 1. The molecule has 0 radical (unpaired) electrons. The zero-order valence-corrected chi connectivity index (χ0v) is 25.7. The number of nitrogens with two attached hydrogens (primary N) is 1. The smallest absolute Gasteiger partial charge is 0.406 e. The molecule has 0 aliphatic carbocycles. The molecule has 1 atom stereocenters. The van der Waals surface area contributed by atoms with E-state index in [1.165, 1.54) is 13.2 Å². The topological polar surface area (TPSA) is 125 Å². The van der Waals surface area contributed by atoms with Crippen LogP contribution in [0.3, 0.4) is 0 Å². The van der Waals surface area contributed by atoms with Crippen molar-refractivity contribution in [2.24, 2.45) is 11.7 Å². The second-order valence-corrected chi connectivity index (χ2v) is 11.3. The van der Waals surface area contributed by atoms with Gasteiger partial charge in [0, 0.05) is 44.7 Å². The van der Waals surface area contributed by atoms with Crippen LogP contribution in [0, 0.1) is 11.7 Å². The zero-order valence-electron chi connectivity index (χ0n) is 25.7. The number of benzene rings is 2. The van der Waals surface area contributed by atoms with E-state index >= 15 is 4.39 Å². The number of hydrogen-bond acceptors (Lipinski definition) is 6. The molecule has 3 amide bonds. The van der Waals surface area contributed by atoms with Crippen molar-refractivity contribution in [2.75, 3.05) is 46.9 Å². The Bertz CT molecular complexity index is 1230. The molecular formula is C33H47FN4O5. The molecule has 1 unspecified atom stereocenters. The summed E-state index contributed by atoms with van der Waals surface area (Å²) < 4.78 is 20.1. The summed E-state index contributed by atoms with van der Waals surface area (Å²) in [5.74, 6) is -0.555. The van der Waals surface area contributed by atoms with Crippen LogP contribution >= 0.6 is 0 Å². The molecule has 0 spiro atoms. The van der Waals surface area contributed by atoms with Crippen LogP contribution in [-0.4, -0.2) is 79.7 Å². The van der Waals surface area contributed by atoms with E-state index in [-0.39, 0.29) is 24.3 Å². The Hall–Kier alpha value is -3.50. The van der Waals surface area contributed by atoms with Crippen molar-refractivity contribution >= 4 is 17.9 Å². The number of carbonyl (C=O) groups excluding carboxylic acids is 3. The number of methoxy groups -OCH3 is 1. The van der Waals surface area contributed by atoms with E-state index < -0.39 is 17.5 Å². The Morgan fingerprint density at radius 3 is 2.49 bits per heavy atom. The van der Waals surface area contributed by atoms with Crippen LogP contribution in [0.4, 0.5) is 9.18 Å². The first-order valence-electron chi connectivity index (χ1n) is 15.3. The van der Waals surface area contributed by atoms with E-state index in [1.807, 2.05) is 31.2 Å². The summed E-state index contributed by atoms with van der Waals surface area (Å²) in [5, 5.41) is 14.8. The van der Waals surface area contributed by atoms with Gasteiger partial charge in [-0.1, -0.05) is 43.3 Å². The maximum absolute atomic E-state index is 15.4. The van der Waals surface area contributed by atoms with Crippen molar-refractivity contribution in [1.82, 2.24) is 15.1 Å². The molecule has 0 saturated carbocycles. The minimum Gasteiger partial charge on any atom is -0.453 e. The Morgan fingerprint density at radius 1 is 1.12 bits per heavy atom. The second kappa shape index (κ2) is 16.4. The number of halogens is 1. The van der Waals surface area contributed by atoms with Gasteiger partial charge in [-0.05, 0) is 74.1 Å². The number of aryl methyl sites for hydroxylation is 1. The van der Waals surface area contributed by atoms with Crippen LogP contribution in [0.25, 0.3) is 11.1 Å². The van der Waals surface area contributed by atoms with Gasteiger partial charge in [-0.2, -0.15) is 0 Å². The number of unbranched alkanes of at least 4 members (excludes halogenated alkanes) is 1. The van der Waals surface area contributed by atoms with E-state index in [1.54, 1.807) is 29.0 Å². The number of ether oxygens (including phenoxy) is 1. The van der Waals surface area contributed by atoms with Gasteiger partial charge in [-0.3, -0.25) is 9.59 Å². The van der Waals surface area contributed by atoms with Crippen LogP contribution in [0.5, 0.6) is 0 Å². The Kier molecular flexibility index (Phi) is 12.9. The molecule has 9 nitrogen and oxygen atoms in total. The minimum atomic E-state index is -1.36. The van der Waals surface area contributed by atoms with Crippen molar-refractivity contribution < 1.29 is 28.6 Å². The van der Waals surface area contributed by atoms with Crippen molar-refractivity contribution in [2.45, 2.75) is 63.9 Å². The number of rotatable bonds is 14. The predicted octanol–water partition coefficient (Wildman–Crippen LogP) is 4.20. The molecule has 10 heteroatoms. The molecule has 4 N–H and O–H groups in total. The normalized spacial score (nSPS) is 15.1. The molecule has 0 aromatic heterocycles. The molecule has 1 fully saturated rings. The van der Waals surface area contributed by atoms with Crippen LogP contribution < -0.4 is 11.1 Å². The van der Waals surface area contributed by atoms with Crippen LogP contribution in [0.1, 0.15) is 63.0 Å². The molecule has 1 heterocycles. The summed E-state index contributed by atoms with van der Waals surface area (Å²) in [7, 11) is 3.08. The molecule has 1 aliphatic rings. The third-order valence-corrected chi connectivity index (χ3v) is 8.44. The fraction of sp³-hybridized carbons (Fsp3) is 0.545. The molecule has 1 saturated heterocycles. The molecule has 43 heavy (non-hydrogen) atoms. The predicted molar refractivity (Wildman–Crippen MR) is 165 cm³/mol. The highest BCUT2D eigenvalue weighted by Crippen LogP contribution is 2.40. The molecule has 0 bridgehead atoms. The van der Waals surface area contributed by atoms with Crippen LogP contribution in [0.2, 0.25) is 0 Å². The summed E-state index contributed by atoms with van der Waals surface area (Å²) in [6.07, 6.45) is 3.88. The zero-order chi connectivity index (χ0) is 31.4. The maximum Gasteiger partial charge on any atom is 0.406 e. The summed E-state index contributed by atoms with van der Waals surface area (Å²) in [6.45, 7) is 3.92. The lowest BCUT2D eigenvalue weighted by Gasteiger charge is -2.33. The van der Waals surface area contributed by atoms with Gasteiger partial charge in [0.25, 0.3) is 0 Å². The number of likely N-dealkylation sites (tertiary alicyclic amines) is 1. The average Bonchev–Trinajstić information content (AvgIpc) is 3.04. The molecule has 3 rings (SSSR count). The van der Waals surface area contributed by atoms with Gasteiger partial charge >= 0.3 is 6.09 Å². The lowest BCUT2D eigenvalue weighted by atomic mass is 9.80. The highest BCUT2D eigenvalue weighted by molar-refractivity contribution is 5.80. The summed E-state index contributed by atoms with van der Waals surface area (Å²) >= 11 is 0. The van der Waals surface area contributed by atoms with E-state index in [4.69, 9.17) is 5.73 Å². The highest BCUT2D eigenvalue weighted by atomic mass is 19.1. The molecule has 1 aliphatic heterocycles. The fourth-order valence-corrected chi connectivity index (χ4v) is 5.88. The van der Waals surface area contributed by atoms with Crippen molar-refractivity contribution in [3.05, 3.63) is 59.4 Å². The van der Waals surface area contributed by atoms with Crippen molar-refractivity contribution in [1.29, 1.82) is 0 Å². The van der Waals surface area contributed by atoms with Gasteiger partial charge in [0.1, 0.15) is 5.82 Å². The highest BCUT2D eigenvalue weighted by Gasteiger charge is 2.33. The lowest BCUT2D eigenvalue weighted by Crippen LogP contribution is -2.45. The van der Waals surface area contributed by atoms with Gasteiger partial charge in [0.15, 0.2) is 0 Å². The Balaban J connectivity index is 1.70. The fourth-order valence-electron chi connectivity index (χ4n) is 5.88. The third kappa shape index (κ3) is 9.24. The van der Waals surface area contributed by atoms with Gasteiger partial charge in [0.2, 0.25) is 11.8 Å². The van der Waals surface area contributed by atoms with E-state index in [0.717, 1.165) is 12.0 Å². The first kappa shape index (κ1) is 34.0. The maximum atomic E-state index is 15.4. The SMILES string of the molecule is CCc1cccc(-c2c(F)cccc2C(O)(CCCCN(C)C(=O)C2CCN(C(=O)CN)CC2)CCCNC(=O)OC)c1. The standard InChI is InChI=1S/C33H47FN4O5/c1-4-24-10-7-11-26(22-24)30-27(12-8-13-28(30)34)33(42,17-9-18-36-32(41)43-3)16-5-6-19-37(2)31(40)25-14-20-38(21-15-25)29(39)23-35/h7-8,10-13,22,25,42H,4-6,9,14-21,23,35H2,1-3H3,(H,36,41). The summed E-state index contributed by atoms with van der Waals surface area (Å²) in [4.78, 5) is 39.9. The monoisotopic (exact) mass is 598 g/mol. The first-order valence-corrected chi connectivity index (χ1v) is 15.3. The number of aliphatic hydroxyl groups is 1. The van der Waals surface area contributed by atoms with Gasteiger partial charge < -0.3 is 30.7 Å². The van der Waals surface area contributed by atoms with Crippen molar-refractivity contribution in [3.8, 4) is 11.1 Å². The molecular weight excluding hydrogens is 551 g/mol. The summed E-state index contributed by atoms with van der Waals surface area (Å²) in [6, 6.07) is 12.5. The number of amides is 3. The number of alkyl carbamates (subject to hydrolysis) is 1. The molecule has 2 aromatic carbocycles. The summed E-state index contributed by atoms with van der Waals surface area (Å²) in [5.41, 5.74) is 6.79. The number of nitrogens with zero attached hydrogens (tertiary/aromatic N) is 2. The Labute approximate surface area is 254 Å². The van der Waals surface area contributed by atoms with E-state index in [0.29, 0.717) is 87.8 Å². The second-order valence-electron chi connectivity index (χ2n) is 11.3. The molecule has 2 aromatic rings. The van der Waals surface area contributed by atoms with Crippen LogP contribution in [0.15, 0.2) is 42.5 Å². The van der Waals surface area contributed by atoms with Crippen molar-refractivity contribution in [3.63, 3.8) is 0 Å².